The third-order valence-electron chi connectivity index (χ3n) is 2.38. The van der Waals surface area contributed by atoms with E-state index in [2.05, 4.69) is 47.4 Å². The fraction of sp³-hybridized carbons (Fsp3) is 0.300. The maximum Gasteiger partial charge on any atom is 0.253 e. The highest BCUT2D eigenvalue weighted by molar-refractivity contribution is 9.12. The van der Waals surface area contributed by atoms with E-state index in [9.17, 15) is 4.79 Å². The maximum absolute atomic E-state index is 12.1. The fourth-order valence-electron chi connectivity index (χ4n) is 1.52. The van der Waals surface area contributed by atoms with E-state index < -0.39 is 0 Å². The zero-order valence-electron chi connectivity index (χ0n) is 9.65. The summed E-state index contributed by atoms with van der Waals surface area (Å²) >= 11 is 8.18. The van der Waals surface area contributed by atoms with Gasteiger partial charge in [0.1, 0.15) is 6.33 Å². The van der Waals surface area contributed by atoms with Gasteiger partial charge in [-0.3, -0.25) is 4.79 Å². The van der Waals surface area contributed by atoms with E-state index in [1.165, 1.54) is 11.3 Å². The third kappa shape index (κ3) is 2.81. The van der Waals surface area contributed by atoms with Gasteiger partial charge in [-0.1, -0.05) is 0 Å². The predicted molar refractivity (Wildman–Crippen MR) is 76.6 cm³/mol. The molecule has 1 N–H and O–H groups in total. The second-order valence-electron chi connectivity index (χ2n) is 3.73. The molecule has 0 aromatic carbocycles. The monoisotopic (exact) mass is 392 g/mol. The minimum absolute atomic E-state index is 0.140. The second-order valence-corrected chi connectivity index (χ2v) is 7.48. The van der Waals surface area contributed by atoms with Crippen LogP contribution in [0, 0.1) is 0 Å². The van der Waals surface area contributed by atoms with E-state index >= 15 is 0 Å². The smallest absolute Gasteiger partial charge is 0.253 e. The van der Waals surface area contributed by atoms with Crippen molar-refractivity contribution >= 4 is 49.1 Å². The predicted octanol–water partition coefficient (Wildman–Crippen LogP) is 2.89. The lowest BCUT2D eigenvalue weighted by Crippen LogP contribution is -2.28. The van der Waals surface area contributed by atoms with Gasteiger partial charge in [0, 0.05) is 7.05 Å². The number of aromatic nitrogens is 3. The van der Waals surface area contributed by atoms with Gasteiger partial charge < -0.3 is 9.88 Å². The van der Waals surface area contributed by atoms with Gasteiger partial charge in [-0.2, -0.15) is 0 Å². The van der Waals surface area contributed by atoms with E-state index in [1.807, 2.05) is 14.0 Å². The number of carbonyl (C=O) groups is 1. The SMILES string of the molecule is CC(NC(=O)c1cc(Br)sc1Br)c1nncn1C. The van der Waals surface area contributed by atoms with Crippen LogP contribution < -0.4 is 5.32 Å². The average Bonchev–Trinajstić information content (AvgIpc) is 2.84. The average molecular weight is 394 g/mol. The zero-order chi connectivity index (χ0) is 13.3. The summed E-state index contributed by atoms with van der Waals surface area (Å²) < 4.78 is 3.49. The first-order chi connectivity index (χ1) is 8.49. The number of nitrogens with zero attached hydrogens (tertiary/aromatic N) is 3. The molecule has 0 aliphatic carbocycles. The Kier molecular flexibility index (Phi) is 4.18. The third-order valence-corrected chi connectivity index (χ3v) is 4.72. The Bertz CT molecular complexity index is 580. The van der Waals surface area contributed by atoms with Crippen LogP contribution in [-0.4, -0.2) is 20.7 Å². The quantitative estimate of drug-likeness (QED) is 0.871. The molecular weight excluding hydrogens is 384 g/mol. The van der Waals surface area contributed by atoms with E-state index in [0.717, 1.165) is 7.57 Å². The highest BCUT2D eigenvalue weighted by Crippen LogP contribution is 2.32. The Labute approximate surface area is 125 Å². The molecule has 1 amide bonds. The molecule has 0 aliphatic rings. The first-order valence-corrected chi connectivity index (χ1v) is 7.49. The number of aryl methyl sites for hydroxylation is 1. The van der Waals surface area contributed by atoms with Crippen LogP contribution >= 0.6 is 43.2 Å². The van der Waals surface area contributed by atoms with E-state index in [4.69, 9.17) is 0 Å². The van der Waals surface area contributed by atoms with Crippen molar-refractivity contribution in [3.8, 4) is 0 Å². The molecule has 96 valence electrons. The molecule has 0 bridgehead atoms. The largest absolute Gasteiger partial charge is 0.342 e. The summed E-state index contributed by atoms with van der Waals surface area (Å²) in [6, 6.07) is 1.59. The molecule has 2 aromatic rings. The number of amides is 1. The summed E-state index contributed by atoms with van der Waals surface area (Å²) in [6.07, 6.45) is 1.61. The molecule has 0 saturated carbocycles. The Balaban J connectivity index is 2.13. The maximum atomic E-state index is 12.1. The Morgan fingerprint density at radius 1 is 1.56 bits per heavy atom. The second kappa shape index (κ2) is 5.50. The van der Waals surface area contributed by atoms with Gasteiger partial charge in [0.2, 0.25) is 0 Å². The standard InChI is InChI=1S/C10H10Br2N4OS/c1-5(9-15-13-4-16(9)2)14-10(17)6-3-7(11)18-8(6)12/h3-5H,1-2H3,(H,14,17). The van der Waals surface area contributed by atoms with Crippen molar-refractivity contribution in [2.24, 2.45) is 7.05 Å². The van der Waals surface area contributed by atoms with Crippen molar-refractivity contribution in [3.05, 3.63) is 31.4 Å². The van der Waals surface area contributed by atoms with Gasteiger partial charge in [-0.15, -0.1) is 21.5 Å². The normalized spacial score (nSPS) is 12.4. The molecule has 1 atom stereocenters. The van der Waals surface area contributed by atoms with Crippen molar-refractivity contribution < 1.29 is 4.79 Å². The van der Waals surface area contributed by atoms with Crippen LogP contribution in [0.3, 0.4) is 0 Å². The lowest BCUT2D eigenvalue weighted by atomic mass is 10.2. The molecule has 8 heteroatoms. The molecular formula is C10H10Br2N4OS. The first kappa shape index (κ1) is 13.7. The van der Waals surface area contributed by atoms with Gasteiger partial charge >= 0.3 is 0 Å². The van der Waals surface area contributed by atoms with Crippen molar-refractivity contribution in [2.75, 3.05) is 0 Å². The van der Waals surface area contributed by atoms with Gasteiger partial charge in [0.25, 0.3) is 5.91 Å². The number of halogens is 2. The number of thiophene rings is 1. The number of hydrogen-bond donors (Lipinski definition) is 1. The summed E-state index contributed by atoms with van der Waals surface area (Å²) in [5, 5.41) is 10.6. The van der Waals surface area contributed by atoms with Crippen LogP contribution in [0.5, 0.6) is 0 Å². The Morgan fingerprint density at radius 3 is 2.78 bits per heavy atom. The summed E-state index contributed by atoms with van der Waals surface area (Å²) in [7, 11) is 1.84. The lowest BCUT2D eigenvalue weighted by Gasteiger charge is -2.12. The highest BCUT2D eigenvalue weighted by atomic mass is 79.9. The summed E-state index contributed by atoms with van der Waals surface area (Å²) in [4.78, 5) is 12.1. The summed E-state index contributed by atoms with van der Waals surface area (Å²) in [6.45, 7) is 1.87. The first-order valence-electron chi connectivity index (χ1n) is 5.08. The minimum atomic E-state index is -0.199. The molecule has 18 heavy (non-hydrogen) atoms. The van der Waals surface area contributed by atoms with E-state index in [0.29, 0.717) is 11.4 Å². The number of carbonyl (C=O) groups excluding carboxylic acids is 1. The Hall–Kier alpha value is -0.730. The molecule has 5 nitrogen and oxygen atoms in total. The van der Waals surface area contributed by atoms with Gasteiger partial charge in [0.05, 0.1) is 19.2 Å². The van der Waals surface area contributed by atoms with E-state index in [-0.39, 0.29) is 11.9 Å². The number of nitrogens with one attached hydrogen (secondary N) is 1. The topological polar surface area (TPSA) is 59.8 Å². The van der Waals surface area contributed by atoms with Crippen molar-refractivity contribution in [2.45, 2.75) is 13.0 Å². The van der Waals surface area contributed by atoms with Crippen molar-refractivity contribution in [3.63, 3.8) is 0 Å². The molecule has 2 aromatic heterocycles. The molecule has 0 spiro atoms. The van der Waals surface area contributed by atoms with Crippen molar-refractivity contribution in [1.82, 2.24) is 20.1 Å². The fourth-order valence-corrected chi connectivity index (χ4v) is 4.31. The molecule has 2 heterocycles. The molecule has 0 saturated heterocycles. The highest BCUT2D eigenvalue weighted by Gasteiger charge is 2.18. The minimum Gasteiger partial charge on any atom is -0.342 e. The molecule has 1 unspecified atom stereocenters. The molecule has 2 rings (SSSR count). The molecule has 0 radical (unpaired) electrons. The van der Waals surface area contributed by atoms with Crippen LogP contribution in [0.1, 0.15) is 29.1 Å². The van der Waals surface area contributed by atoms with Crippen molar-refractivity contribution in [1.29, 1.82) is 0 Å². The zero-order valence-corrected chi connectivity index (χ0v) is 13.6. The van der Waals surface area contributed by atoms with Crippen LogP contribution in [0.15, 0.2) is 20.0 Å². The number of hydrogen-bond acceptors (Lipinski definition) is 4. The van der Waals surface area contributed by atoms with Gasteiger partial charge in [-0.25, -0.2) is 0 Å². The van der Waals surface area contributed by atoms with Crippen LogP contribution in [0.25, 0.3) is 0 Å². The van der Waals surface area contributed by atoms with Crippen LogP contribution in [0.4, 0.5) is 0 Å². The van der Waals surface area contributed by atoms with Crippen LogP contribution in [-0.2, 0) is 7.05 Å². The number of rotatable bonds is 3. The summed E-state index contributed by atoms with van der Waals surface area (Å²) in [5.74, 6) is 0.577. The van der Waals surface area contributed by atoms with Gasteiger partial charge in [-0.05, 0) is 44.8 Å². The van der Waals surface area contributed by atoms with Gasteiger partial charge in [0.15, 0.2) is 5.82 Å². The Morgan fingerprint density at radius 2 is 2.28 bits per heavy atom. The van der Waals surface area contributed by atoms with E-state index in [1.54, 1.807) is 17.0 Å². The molecule has 0 fully saturated rings. The summed E-state index contributed by atoms with van der Waals surface area (Å²) in [5.41, 5.74) is 0.612. The molecule has 0 aliphatic heterocycles. The van der Waals surface area contributed by atoms with Crippen LogP contribution in [0.2, 0.25) is 0 Å². The lowest BCUT2D eigenvalue weighted by molar-refractivity contribution is 0.0937.